The van der Waals surface area contributed by atoms with Gasteiger partial charge in [0.15, 0.2) is 0 Å². The van der Waals surface area contributed by atoms with E-state index in [2.05, 4.69) is 5.32 Å². The van der Waals surface area contributed by atoms with E-state index < -0.39 is 5.37 Å². The number of amides is 3. The zero-order chi connectivity index (χ0) is 13.7. The van der Waals surface area contributed by atoms with E-state index in [0.717, 1.165) is 51.4 Å². The summed E-state index contributed by atoms with van der Waals surface area (Å²) in [6.45, 7) is 0. The van der Waals surface area contributed by atoms with Crippen LogP contribution in [0.1, 0.15) is 64.2 Å². The fraction of sp³-hybridized carbons (Fsp3) is 0.857. The molecule has 0 saturated heterocycles. The molecular weight excluding hydrogens is 264 g/mol. The van der Waals surface area contributed by atoms with E-state index >= 15 is 0 Å². The van der Waals surface area contributed by atoms with Gasteiger partial charge in [-0.05, 0) is 37.3 Å². The highest BCUT2D eigenvalue weighted by atomic mass is 35.5. The maximum atomic E-state index is 12.3. The summed E-state index contributed by atoms with van der Waals surface area (Å²) in [6, 6.07) is -0.0931. The van der Waals surface area contributed by atoms with Crippen molar-refractivity contribution in [3.63, 3.8) is 0 Å². The summed E-state index contributed by atoms with van der Waals surface area (Å²) in [4.78, 5) is 25.1. The predicted molar refractivity (Wildman–Crippen MR) is 75.4 cm³/mol. The number of carbonyl (C=O) groups is 2. The molecule has 2 aliphatic rings. The minimum Gasteiger partial charge on any atom is -0.335 e. The third-order valence-electron chi connectivity index (χ3n) is 4.28. The number of hydrogen-bond donors (Lipinski definition) is 1. The van der Waals surface area contributed by atoms with Crippen molar-refractivity contribution < 1.29 is 9.59 Å². The SMILES string of the molecule is O=C(Cl)N(C(=O)NC1CCCCC1)C1CCCCC1. The first kappa shape index (κ1) is 14.6. The topological polar surface area (TPSA) is 49.4 Å². The smallest absolute Gasteiger partial charge is 0.325 e. The molecule has 108 valence electrons. The first-order valence-corrected chi connectivity index (χ1v) is 7.85. The Morgan fingerprint density at radius 1 is 0.895 bits per heavy atom. The summed E-state index contributed by atoms with van der Waals surface area (Å²) in [5.74, 6) is 0. The maximum absolute atomic E-state index is 12.3. The predicted octanol–water partition coefficient (Wildman–Crippen LogP) is 4.02. The molecule has 5 heteroatoms. The van der Waals surface area contributed by atoms with Crippen molar-refractivity contribution in [3.8, 4) is 0 Å². The first-order chi connectivity index (χ1) is 9.18. The highest BCUT2D eigenvalue weighted by molar-refractivity contribution is 6.64. The molecule has 0 aromatic rings. The summed E-state index contributed by atoms with van der Waals surface area (Å²) in [5, 5.41) is 2.34. The van der Waals surface area contributed by atoms with Crippen LogP contribution in [0.25, 0.3) is 0 Å². The van der Waals surface area contributed by atoms with Crippen LogP contribution in [0.2, 0.25) is 0 Å². The Morgan fingerprint density at radius 2 is 1.42 bits per heavy atom. The van der Waals surface area contributed by atoms with Crippen molar-refractivity contribution in [3.05, 3.63) is 0 Å². The lowest BCUT2D eigenvalue weighted by atomic mass is 9.94. The highest BCUT2D eigenvalue weighted by Crippen LogP contribution is 2.24. The molecule has 0 aromatic carbocycles. The molecule has 0 aromatic heterocycles. The van der Waals surface area contributed by atoms with Crippen LogP contribution in [0.4, 0.5) is 9.59 Å². The summed E-state index contributed by atoms with van der Waals surface area (Å²) in [6.07, 6.45) is 10.7. The van der Waals surface area contributed by atoms with Gasteiger partial charge in [-0.25, -0.2) is 9.69 Å². The molecule has 19 heavy (non-hydrogen) atoms. The molecule has 0 atom stereocenters. The second-order valence-electron chi connectivity index (χ2n) is 5.70. The molecule has 0 radical (unpaired) electrons. The van der Waals surface area contributed by atoms with E-state index in [1.807, 2.05) is 0 Å². The van der Waals surface area contributed by atoms with E-state index in [1.54, 1.807) is 0 Å². The van der Waals surface area contributed by atoms with Gasteiger partial charge in [-0.15, -0.1) is 0 Å². The summed E-state index contributed by atoms with van der Waals surface area (Å²) in [5.41, 5.74) is 0. The fourth-order valence-corrected chi connectivity index (χ4v) is 3.43. The second-order valence-corrected chi connectivity index (χ2v) is 6.02. The zero-order valence-electron chi connectivity index (χ0n) is 11.4. The van der Waals surface area contributed by atoms with Crippen molar-refractivity contribution in [2.45, 2.75) is 76.3 Å². The monoisotopic (exact) mass is 286 g/mol. The van der Waals surface area contributed by atoms with Crippen LogP contribution in [-0.2, 0) is 0 Å². The van der Waals surface area contributed by atoms with Crippen LogP contribution in [0, 0.1) is 0 Å². The van der Waals surface area contributed by atoms with Gasteiger partial charge in [0.1, 0.15) is 0 Å². The Bertz CT molecular complexity index is 323. The van der Waals surface area contributed by atoms with Crippen LogP contribution >= 0.6 is 11.6 Å². The van der Waals surface area contributed by atoms with Gasteiger partial charge in [0.25, 0.3) is 0 Å². The molecule has 1 N–H and O–H groups in total. The van der Waals surface area contributed by atoms with Gasteiger partial charge >= 0.3 is 11.4 Å². The number of nitrogens with zero attached hydrogens (tertiary/aromatic N) is 1. The molecule has 3 amide bonds. The Kier molecular flexibility index (Phi) is 5.49. The van der Waals surface area contributed by atoms with Crippen LogP contribution in [0.3, 0.4) is 0 Å². The lowest BCUT2D eigenvalue weighted by Crippen LogP contribution is -2.51. The van der Waals surface area contributed by atoms with Gasteiger partial charge in [-0.2, -0.15) is 0 Å². The van der Waals surface area contributed by atoms with Crippen LogP contribution in [0.5, 0.6) is 0 Å². The van der Waals surface area contributed by atoms with Crippen molar-refractivity contribution >= 4 is 23.0 Å². The van der Waals surface area contributed by atoms with Gasteiger partial charge in [0.2, 0.25) is 0 Å². The first-order valence-electron chi connectivity index (χ1n) is 7.47. The summed E-state index contributed by atoms with van der Waals surface area (Å²) in [7, 11) is 0. The number of nitrogens with one attached hydrogen (secondary N) is 1. The minimum absolute atomic E-state index is 0.0117. The minimum atomic E-state index is -0.639. The van der Waals surface area contributed by atoms with Gasteiger partial charge in [-0.1, -0.05) is 38.5 Å². The summed E-state index contributed by atoms with van der Waals surface area (Å²) < 4.78 is 0. The molecule has 2 fully saturated rings. The number of urea groups is 1. The van der Waals surface area contributed by atoms with Gasteiger partial charge in [-0.3, -0.25) is 4.79 Å². The number of imide groups is 1. The molecule has 0 spiro atoms. The van der Waals surface area contributed by atoms with E-state index in [4.69, 9.17) is 11.6 Å². The lowest BCUT2D eigenvalue weighted by molar-refractivity contribution is 0.164. The van der Waals surface area contributed by atoms with Crippen molar-refractivity contribution in [1.29, 1.82) is 0 Å². The molecule has 4 nitrogen and oxygen atoms in total. The molecular formula is C14H23ClN2O2. The van der Waals surface area contributed by atoms with Crippen LogP contribution in [0.15, 0.2) is 0 Å². The van der Waals surface area contributed by atoms with Crippen molar-refractivity contribution in [2.24, 2.45) is 0 Å². The maximum Gasteiger partial charge on any atom is 0.325 e. The molecule has 0 unspecified atom stereocenters. The van der Waals surface area contributed by atoms with E-state index in [9.17, 15) is 9.59 Å². The third-order valence-corrected chi connectivity index (χ3v) is 4.46. The Morgan fingerprint density at radius 3 is 1.95 bits per heavy atom. The van der Waals surface area contributed by atoms with Crippen molar-refractivity contribution in [1.82, 2.24) is 10.2 Å². The molecule has 0 aliphatic heterocycles. The van der Waals surface area contributed by atoms with Gasteiger partial charge in [0, 0.05) is 12.1 Å². The largest absolute Gasteiger partial charge is 0.335 e. The Balaban J connectivity index is 1.93. The average molecular weight is 287 g/mol. The number of rotatable bonds is 2. The van der Waals surface area contributed by atoms with Crippen molar-refractivity contribution in [2.75, 3.05) is 0 Å². The standard InChI is InChI=1S/C14H23ClN2O2/c15-13(18)17(12-9-5-2-6-10-12)14(19)16-11-7-3-1-4-8-11/h11-12H,1-10H2,(H,16,19). The highest BCUT2D eigenvalue weighted by Gasteiger charge is 2.31. The van der Waals surface area contributed by atoms with E-state index in [0.29, 0.717) is 0 Å². The van der Waals surface area contributed by atoms with E-state index in [-0.39, 0.29) is 18.1 Å². The van der Waals surface area contributed by atoms with Gasteiger partial charge in [0.05, 0.1) is 0 Å². The molecule has 2 saturated carbocycles. The lowest BCUT2D eigenvalue weighted by Gasteiger charge is -2.33. The fourth-order valence-electron chi connectivity index (χ4n) is 3.22. The Hall–Kier alpha value is -0.770. The molecule has 2 rings (SSSR count). The van der Waals surface area contributed by atoms with Crippen LogP contribution in [-0.4, -0.2) is 28.4 Å². The molecule has 0 heterocycles. The molecule has 0 bridgehead atoms. The number of hydrogen-bond acceptors (Lipinski definition) is 2. The second kappa shape index (κ2) is 7.13. The summed E-state index contributed by atoms with van der Waals surface area (Å²) >= 11 is 5.62. The number of carbonyl (C=O) groups excluding carboxylic acids is 2. The van der Waals surface area contributed by atoms with Crippen LogP contribution < -0.4 is 5.32 Å². The normalized spacial score (nSPS) is 21.9. The quantitative estimate of drug-likeness (QED) is 0.615. The molecule has 2 aliphatic carbocycles. The number of halogens is 1. The average Bonchev–Trinajstić information content (AvgIpc) is 2.40. The van der Waals surface area contributed by atoms with E-state index in [1.165, 1.54) is 17.7 Å². The Labute approximate surface area is 119 Å². The zero-order valence-corrected chi connectivity index (χ0v) is 12.1. The third kappa shape index (κ3) is 4.10. The van der Waals surface area contributed by atoms with Gasteiger partial charge < -0.3 is 5.32 Å².